The largest absolute Gasteiger partial charge is 0.378 e. The van der Waals surface area contributed by atoms with Crippen LogP contribution in [0.3, 0.4) is 0 Å². The van der Waals surface area contributed by atoms with Gasteiger partial charge in [-0.15, -0.1) is 0 Å². The number of nitrogens with zero attached hydrogens (tertiary/aromatic N) is 1. The summed E-state index contributed by atoms with van der Waals surface area (Å²) in [7, 11) is 0. The topological polar surface area (TPSA) is 12.5 Å². The van der Waals surface area contributed by atoms with Crippen molar-refractivity contribution in [1.29, 1.82) is 0 Å². The van der Waals surface area contributed by atoms with Gasteiger partial charge in [-0.1, -0.05) is 20.8 Å². The van der Waals surface area contributed by atoms with Gasteiger partial charge in [0.05, 0.1) is 13.2 Å². The van der Waals surface area contributed by atoms with Crippen molar-refractivity contribution in [2.75, 3.05) is 19.8 Å². The van der Waals surface area contributed by atoms with Crippen molar-refractivity contribution in [2.45, 2.75) is 46.7 Å². The maximum absolute atomic E-state index is 5.55. The third-order valence-corrected chi connectivity index (χ3v) is 2.83. The van der Waals surface area contributed by atoms with E-state index in [1.54, 1.807) is 0 Å². The van der Waals surface area contributed by atoms with Gasteiger partial charge in [0.25, 0.3) is 0 Å². The van der Waals surface area contributed by atoms with Crippen LogP contribution in [0.2, 0.25) is 0 Å². The van der Waals surface area contributed by atoms with Crippen LogP contribution in [-0.2, 0) is 4.74 Å². The first-order valence-corrected chi connectivity index (χ1v) is 5.26. The van der Waals surface area contributed by atoms with Gasteiger partial charge in [-0.05, 0) is 19.3 Å². The average Bonchev–Trinajstić information content (AvgIpc) is 2.03. The first kappa shape index (κ1) is 11.0. The third-order valence-electron chi connectivity index (χ3n) is 2.83. The average molecular weight is 185 g/mol. The van der Waals surface area contributed by atoms with E-state index in [0.29, 0.717) is 17.5 Å². The molecule has 0 bridgehead atoms. The molecule has 0 spiro atoms. The van der Waals surface area contributed by atoms with Crippen LogP contribution >= 0.6 is 0 Å². The van der Waals surface area contributed by atoms with Gasteiger partial charge in [-0.2, -0.15) is 0 Å². The minimum Gasteiger partial charge on any atom is -0.378 e. The zero-order chi connectivity index (χ0) is 10.1. The molecule has 1 aliphatic heterocycles. The number of ether oxygens (including phenoxy) is 1. The molecule has 1 atom stereocenters. The standard InChI is InChI=1S/C11H23NO/c1-9(2)12-6-7-13-8-10(12)11(3,4)5/h9-10H,6-8H2,1-5H3/t10-/m1/s1. The van der Waals surface area contributed by atoms with E-state index < -0.39 is 0 Å². The van der Waals surface area contributed by atoms with Crippen molar-refractivity contribution >= 4 is 0 Å². The summed E-state index contributed by atoms with van der Waals surface area (Å²) in [6, 6.07) is 1.20. The van der Waals surface area contributed by atoms with E-state index in [1.807, 2.05) is 0 Å². The van der Waals surface area contributed by atoms with E-state index >= 15 is 0 Å². The van der Waals surface area contributed by atoms with Crippen molar-refractivity contribution in [3.63, 3.8) is 0 Å². The molecule has 1 fully saturated rings. The Bertz CT molecular complexity index is 160. The highest BCUT2D eigenvalue weighted by Crippen LogP contribution is 2.27. The predicted octanol–water partition coefficient (Wildman–Crippen LogP) is 2.14. The number of hydrogen-bond donors (Lipinski definition) is 0. The van der Waals surface area contributed by atoms with Crippen LogP contribution in [0.1, 0.15) is 34.6 Å². The molecule has 0 amide bonds. The lowest BCUT2D eigenvalue weighted by Crippen LogP contribution is -2.54. The Kier molecular flexibility index (Phi) is 3.36. The highest BCUT2D eigenvalue weighted by atomic mass is 16.5. The van der Waals surface area contributed by atoms with Crippen LogP contribution < -0.4 is 0 Å². The molecular formula is C11H23NO. The molecule has 1 aliphatic rings. The Balaban J connectivity index is 2.67. The molecule has 78 valence electrons. The smallest absolute Gasteiger partial charge is 0.0627 e. The van der Waals surface area contributed by atoms with Gasteiger partial charge in [-0.25, -0.2) is 0 Å². The molecule has 0 aromatic rings. The highest BCUT2D eigenvalue weighted by molar-refractivity contribution is 4.86. The van der Waals surface area contributed by atoms with Gasteiger partial charge in [-0.3, -0.25) is 4.90 Å². The van der Waals surface area contributed by atoms with E-state index in [2.05, 4.69) is 39.5 Å². The zero-order valence-corrected chi connectivity index (χ0v) is 9.63. The molecule has 2 nitrogen and oxygen atoms in total. The van der Waals surface area contributed by atoms with E-state index in [4.69, 9.17) is 4.74 Å². The second-order valence-electron chi connectivity index (χ2n) is 5.29. The van der Waals surface area contributed by atoms with Gasteiger partial charge >= 0.3 is 0 Å². The summed E-state index contributed by atoms with van der Waals surface area (Å²) in [5.74, 6) is 0. The molecule has 1 saturated heterocycles. The normalized spacial score (nSPS) is 26.8. The molecule has 1 rings (SSSR count). The fourth-order valence-electron chi connectivity index (χ4n) is 1.98. The first-order valence-electron chi connectivity index (χ1n) is 5.26. The molecule has 13 heavy (non-hydrogen) atoms. The Morgan fingerprint density at radius 1 is 1.31 bits per heavy atom. The van der Waals surface area contributed by atoms with Gasteiger partial charge in [0, 0.05) is 18.6 Å². The minimum atomic E-state index is 0.324. The van der Waals surface area contributed by atoms with Crippen molar-refractivity contribution < 1.29 is 4.74 Å². The summed E-state index contributed by atoms with van der Waals surface area (Å²) in [6.45, 7) is 14.3. The summed E-state index contributed by atoms with van der Waals surface area (Å²) in [6.07, 6.45) is 0. The Morgan fingerprint density at radius 3 is 2.31 bits per heavy atom. The third kappa shape index (κ3) is 2.68. The maximum Gasteiger partial charge on any atom is 0.0627 e. The van der Waals surface area contributed by atoms with E-state index in [9.17, 15) is 0 Å². The van der Waals surface area contributed by atoms with Gasteiger partial charge in [0.1, 0.15) is 0 Å². The molecule has 0 aliphatic carbocycles. The molecule has 0 aromatic heterocycles. The summed E-state index contributed by atoms with van der Waals surface area (Å²) >= 11 is 0. The summed E-state index contributed by atoms with van der Waals surface area (Å²) < 4.78 is 5.55. The summed E-state index contributed by atoms with van der Waals surface area (Å²) in [5.41, 5.74) is 0.324. The number of hydrogen-bond acceptors (Lipinski definition) is 2. The van der Waals surface area contributed by atoms with Gasteiger partial charge in [0.2, 0.25) is 0 Å². The van der Waals surface area contributed by atoms with Crippen molar-refractivity contribution in [3.05, 3.63) is 0 Å². The Hall–Kier alpha value is -0.0800. The predicted molar refractivity (Wildman–Crippen MR) is 55.9 cm³/mol. The zero-order valence-electron chi connectivity index (χ0n) is 9.63. The molecule has 2 heteroatoms. The summed E-state index contributed by atoms with van der Waals surface area (Å²) in [4.78, 5) is 2.56. The molecule has 0 aromatic carbocycles. The van der Waals surface area contributed by atoms with Crippen molar-refractivity contribution in [2.24, 2.45) is 5.41 Å². The fraction of sp³-hybridized carbons (Fsp3) is 1.00. The molecule has 0 N–H and O–H groups in total. The van der Waals surface area contributed by atoms with Gasteiger partial charge < -0.3 is 4.74 Å². The second kappa shape index (κ2) is 3.97. The van der Waals surface area contributed by atoms with Crippen LogP contribution in [0.5, 0.6) is 0 Å². The van der Waals surface area contributed by atoms with Crippen LogP contribution in [0.25, 0.3) is 0 Å². The van der Waals surface area contributed by atoms with Crippen LogP contribution in [-0.4, -0.2) is 36.7 Å². The Morgan fingerprint density at radius 2 is 1.92 bits per heavy atom. The van der Waals surface area contributed by atoms with Crippen molar-refractivity contribution in [1.82, 2.24) is 4.90 Å². The maximum atomic E-state index is 5.55. The highest BCUT2D eigenvalue weighted by Gasteiger charge is 2.33. The fourth-order valence-corrected chi connectivity index (χ4v) is 1.98. The van der Waals surface area contributed by atoms with E-state index in [-0.39, 0.29) is 0 Å². The van der Waals surface area contributed by atoms with Gasteiger partial charge in [0.15, 0.2) is 0 Å². The molecule has 0 radical (unpaired) electrons. The van der Waals surface area contributed by atoms with E-state index in [0.717, 1.165) is 19.8 Å². The lowest BCUT2D eigenvalue weighted by molar-refractivity contribution is -0.0615. The first-order chi connectivity index (χ1) is 5.93. The lowest BCUT2D eigenvalue weighted by Gasteiger charge is -2.45. The minimum absolute atomic E-state index is 0.324. The number of rotatable bonds is 1. The molecular weight excluding hydrogens is 162 g/mol. The Labute approximate surface area is 82.3 Å². The molecule has 1 heterocycles. The van der Waals surface area contributed by atoms with E-state index in [1.165, 1.54) is 0 Å². The molecule has 0 saturated carbocycles. The van der Waals surface area contributed by atoms with Crippen LogP contribution in [0.15, 0.2) is 0 Å². The van der Waals surface area contributed by atoms with Crippen LogP contribution in [0, 0.1) is 5.41 Å². The SMILES string of the molecule is CC(C)N1CCOC[C@@H]1C(C)(C)C. The molecule has 0 unspecified atom stereocenters. The monoisotopic (exact) mass is 185 g/mol. The second-order valence-corrected chi connectivity index (χ2v) is 5.29. The quantitative estimate of drug-likeness (QED) is 0.620. The van der Waals surface area contributed by atoms with Crippen LogP contribution in [0.4, 0.5) is 0 Å². The number of morpholine rings is 1. The van der Waals surface area contributed by atoms with Crippen molar-refractivity contribution in [3.8, 4) is 0 Å². The summed E-state index contributed by atoms with van der Waals surface area (Å²) in [5, 5.41) is 0. The lowest BCUT2D eigenvalue weighted by atomic mass is 9.85.